The number of benzene rings is 1. The number of hydrogen-bond donors (Lipinski definition) is 2. The molecule has 0 saturated carbocycles. The molecule has 0 aromatic heterocycles. The minimum atomic E-state index is -3.73. The van der Waals surface area contributed by atoms with Gasteiger partial charge in [-0.3, -0.25) is 4.79 Å². The van der Waals surface area contributed by atoms with E-state index < -0.39 is 10.0 Å². The molecular formula is C12H18N2O4S. The van der Waals surface area contributed by atoms with Gasteiger partial charge in [0.05, 0.1) is 11.5 Å². The molecule has 19 heavy (non-hydrogen) atoms. The lowest BCUT2D eigenvalue weighted by Crippen LogP contribution is -2.29. The first kappa shape index (κ1) is 15.6. The van der Waals surface area contributed by atoms with Gasteiger partial charge in [-0.15, -0.1) is 0 Å². The van der Waals surface area contributed by atoms with Crippen molar-refractivity contribution in [2.45, 2.75) is 11.8 Å². The van der Waals surface area contributed by atoms with E-state index in [1.165, 1.54) is 24.3 Å². The van der Waals surface area contributed by atoms with Gasteiger partial charge in [0.25, 0.3) is 5.91 Å². The fraction of sp³-hybridized carbons (Fsp3) is 0.417. The normalized spacial score (nSPS) is 13.0. The maximum Gasteiger partial charge on any atom is 0.251 e. The van der Waals surface area contributed by atoms with Gasteiger partial charge in [0.2, 0.25) is 10.0 Å². The van der Waals surface area contributed by atoms with Gasteiger partial charge < -0.3 is 10.1 Å². The highest BCUT2D eigenvalue weighted by Crippen LogP contribution is 2.08. The van der Waals surface area contributed by atoms with Gasteiger partial charge in [0.1, 0.15) is 0 Å². The minimum Gasteiger partial charge on any atom is -0.384 e. The van der Waals surface area contributed by atoms with Gasteiger partial charge in [0.15, 0.2) is 0 Å². The standard InChI is InChI=1S/C12H18N2O4S/c1-9(8-18-2)7-14-12(15)10-3-5-11(6-4-10)19(13,16)17/h3-6,9H,7-8H2,1-2H3,(H,14,15)(H2,13,16,17). The third-order valence-electron chi connectivity index (χ3n) is 2.51. The maximum atomic E-state index is 11.8. The Labute approximate surface area is 113 Å². The third kappa shape index (κ3) is 4.98. The Balaban J connectivity index is 2.64. The molecule has 1 unspecified atom stereocenters. The Kier molecular flexibility index (Phi) is 5.46. The second-order valence-electron chi connectivity index (χ2n) is 4.34. The van der Waals surface area contributed by atoms with Crippen molar-refractivity contribution in [3.8, 4) is 0 Å². The van der Waals surface area contributed by atoms with Gasteiger partial charge in [-0.2, -0.15) is 0 Å². The van der Waals surface area contributed by atoms with E-state index in [-0.39, 0.29) is 16.7 Å². The second-order valence-corrected chi connectivity index (χ2v) is 5.90. The SMILES string of the molecule is COCC(C)CNC(=O)c1ccc(S(N)(=O)=O)cc1. The highest BCUT2D eigenvalue weighted by Gasteiger charge is 2.11. The molecule has 3 N–H and O–H groups in total. The number of carbonyl (C=O) groups excluding carboxylic acids is 1. The molecule has 0 spiro atoms. The summed E-state index contributed by atoms with van der Waals surface area (Å²) in [5, 5.41) is 7.71. The smallest absolute Gasteiger partial charge is 0.251 e. The summed E-state index contributed by atoms with van der Waals surface area (Å²) in [6, 6.07) is 5.47. The maximum absolute atomic E-state index is 11.8. The number of primary sulfonamides is 1. The summed E-state index contributed by atoms with van der Waals surface area (Å²) in [6.45, 7) is 3.00. The molecule has 7 heteroatoms. The number of rotatable bonds is 6. The number of hydrogen-bond acceptors (Lipinski definition) is 4. The van der Waals surface area contributed by atoms with Crippen LogP contribution in [0.15, 0.2) is 29.2 Å². The van der Waals surface area contributed by atoms with Crippen molar-refractivity contribution in [3.05, 3.63) is 29.8 Å². The van der Waals surface area contributed by atoms with Gasteiger partial charge in [-0.1, -0.05) is 6.92 Å². The molecule has 0 bridgehead atoms. The highest BCUT2D eigenvalue weighted by atomic mass is 32.2. The van der Waals surface area contributed by atoms with Crippen molar-refractivity contribution in [2.75, 3.05) is 20.3 Å². The predicted octanol–water partition coefficient (Wildman–Crippen LogP) is 0.346. The number of ether oxygens (including phenoxy) is 1. The van der Waals surface area contributed by atoms with Crippen molar-refractivity contribution in [2.24, 2.45) is 11.1 Å². The molecule has 1 atom stereocenters. The molecule has 6 nitrogen and oxygen atoms in total. The van der Waals surface area contributed by atoms with Crippen LogP contribution < -0.4 is 10.5 Å². The van der Waals surface area contributed by atoms with Crippen LogP contribution in [0.25, 0.3) is 0 Å². The molecule has 0 heterocycles. The molecular weight excluding hydrogens is 268 g/mol. The van der Waals surface area contributed by atoms with Crippen LogP contribution in [-0.4, -0.2) is 34.6 Å². The van der Waals surface area contributed by atoms with E-state index in [9.17, 15) is 13.2 Å². The van der Waals surface area contributed by atoms with Crippen LogP contribution in [-0.2, 0) is 14.8 Å². The van der Waals surface area contributed by atoms with Crippen LogP contribution in [0.4, 0.5) is 0 Å². The van der Waals surface area contributed by atoms with E-state index in [4.69, 9.17) is 9.88 Å². The minimum absolute atomic E-state index is 0.0169. The van der Waals surface area contributed by atoms with Crippen LogP contribution >= 0.6 is 0 Å². The second kappa shape index (κ2) is 6.65. The number of amides is 1. The van der Waals surface area contributed by atoms with E-state index in [0.29, 0.717) is 18.7 Å². The predicted molar refractivity (Wildman–Crippen MR) is 71.2 cm³/mol. The summed E-state index contributed by atoms with van der Waals surface area (Å²) in [7, 11) is -2.13. The summed E-state index contributed by atoms with van der Waals surface area (Å²) in [5.41, 5.74) is 0.386. The fourth-order valence-electron chi connectivity index (χ4n) is 1.51. The number of methoxy groups -OCH3 is 1. The molecule has 1 aromatic carbocycles. The lowest BCUT2D eigenvalue weighted by molar-refractivity contribution is 0.0934. The summed E-state index contributed by atoms with van der Waals surface area (Å²) in [4.78, 5) is 11.8. The van der Waals surface area contributed by atoms with E-state index in [1.54, 1.807) is 7.11 Å². The zero-order chi connectivity index (χ0) is 14.5. The molecule has 0 aliphatic carbocycles. The summed E-state index contributed by atoms with van der Waals surface area (Å²) in [5.74, 6) is -0.0541. The first-order chi connectivity index (χ1) is 8.84. The quantitative estimate of drug-likeness (QED) is 0.788. The van der Waals surface area contributed by atoms with Crippen LogP contribution in [0.1, 0.15) is 17.3 Å². The highest BCUT2D eigenvalue weighted by molar-refractivity contribution is 7.89. The molecule has 106 valence electrons. The summed E-state index contributed by atoms with van der Waals surface area (Å²) in [6.07, 6.45) is 0. The first-order valence-electron chi connectivity index (χ1n) is 5.74. The average molecular weight is 286 g/mol. The van der Waals surface area contributed by atoms with Gasteiger partial charge >= 0.3 is 0 Å². The fourth-order valence-corrected chi connectivity index (χ4v) is 2.02. The van der Waals surface area contributed by atoms with Crippen LogP contribution in [0.5, 0.6) is 0 Å². The lowest BCUT2D eigenvalue weighted by Gasteiger charge is -2.11. The number of sulfonamides is 1. The molecule has 0 radical (unpaired) electrons. The van der Waals surface area contributed by atoms with E-state index >= 15 is 0 Å². The molecule has 0 fully saturated rings. The van der Waals surface area contributed by atoms with E-state index in [0.717, 1.165) is 0 Å². The third-order valence-corrected chi connectivity index (χ3v) is 3.44. The number of carbonyl (C=O) groups is 1. The van der Waals surface area contributed by atoms with Crippen molar-refractivity contribution in [1.82, 2.24) is 5.32 Å². The van der Waals surface area contributed by atoms with Crippen molar-refractivity contribution >= 4 is 15.9 Å². The van der Waals surface area contributed by atoms with E-state index in [2.05, 4.69) is 5.32 Å². The topological polar surface area (TPSA) is 98.5 Å². The number of nitrogens with two attached hydrogens (primary N) is 1. The molecule has 0 saturated heterocycles. The average Bonchev–Trinajstić information content (AvgIpc) is 2.35. The van der Waals surface area contributed by atoms with Gasteiger partial charge in [-0.05, 0) is 30.2 Å². The lowest BCUT2D eigenvalue weighted by atomic mass is 10.1. The Morgan fingerprint density at radius 3 is 2.42 bits per heavy atom. The van der Waals surface area contributed by atoms with Crippen molar-refractivity contribution < 1.29 is 17.9 Å². The monoisotopic (exact) mass is 286 g/mol. The first-order valence-corrected chi connectivity index (χ1v) is 7.29. The Hall–Kier alpha value is -1.44. The summed E-state index contributed by atoms with van der Waals surface area (Å²) < 4.78 is 27.1. The van der Waals surface area contributed by atoms with Crippen LogP contribution in [0, 0.1) is 5.92 Å². The Morgan fingerprint density at radius 1 is 1.37 bits per heavy atom. The summed E-state index contributed by atoms with van der Waals surface area (Å²) >= 11 is 0. The largest absolute Gasteiger partial charge is 0.384 e. The molecule has 0 aliphatic rings. The van der Waals surface area contributed by atoms with Gasteiger partial charge in [0, 0.05) is 19.2 Å². The van der Waals surface area contributed by atoms with Crippen molar-refractivity contribution in [3.63, 3.8) is 0 Å². The Morgan fingerprint density at radius 2 is 1.95 bits per heavy atom. The molecule has 0 aliphatic heterocycles. The zero-order valence-electron chi connectivity index (χ0n) is 10.9. The number of nitrogens with one attached hydrogen (secondary N) is 1. The zero-order valence-corrected chi connectivity index (χ0v) is 11.7. The molecule has 1 rings (SSSR count). The Bertz CT molecular complexity index is 525. The van der Waals surface area contributed by atoms with Crippen LogP contribution in [0.2, 0.25) is 0 Å². The molecule has 1 aromatic rings. The van der Waals surface area contributed by atoms with E-state index in [1.807, 2.05) is 6.92 Å². The van der Waals surface area contributed by atoms with Crippen molar-refractivity contribution in [1.29, 1.82) is 0 Å². The van der Waals surface area contributed by atoms with Crippen LogP contribution in [0.3, 0.4) is 0 Å². The molecule has 1 amide bonds. The van der Waals surface area contributed by atoms with Gasteiger partial charge in [-0.25, -0.2) is 13.6 Å².